The van der Waals surface area contributed by atoms with Gasteiger partial charge in [-0.25, -0.2) is 14.8 Å². The zero-order chi connectivity index (χ0) is 14.0. The fourth-order valence-corrected chi connectivity index (χ4v) is 2.31. The van der Waals surface area contributed by atoms with Crippen LogP contribution in [0.5, 0.6) is 0 Å². The fourth-order valence-electron chi connectivity index (χ4n) is 2.11. The Morgan fingerprint density at radius 2 is 2.16 bits per heavy atom. The molecule has 0 amide bonds. The largest absolute Gasteiger partial charge is 0.458 e. The summed E-state index contributed by atoms with van der Waals surface area (Å²) in [6.45, 7) is 6.44. The van der Waals surface area contributed by atoms with Crippen LogP contribution in [0.3, 0.4) is 0 Å². The van der Waals surface area contributed by atoms with Crippen molar-refractivity contribution in [1.29, 1.82) is 0 Å². The van der Waals surface area contributed by atoms with Crippen LogP contribution < -0.4 is 4.90 Å². The van der Waals surface area contributed by atoms with Crippen molar-refractivity contribution in [2.75, 3.05) is 11.4 Å². The molecule has 0 saturated carbocycles. The Kier molecular flexibility index (Phi) is 4.08. The van der Waals surface area contributed by atoms with Crippen LogP contribution in [0, 0.1) is 0 Å². The van der Waals surface area contributed by atoms with E-state index in [4.69, 9.17) is 4.74 Å². The van der Waals surface area contributed by atoms with E-state index in [1.165, 1.54) is 0 Å². The van der Waals surface area contributed by atoms with Crippen molar-refractivity contribution in [2.24, 2.45) is 0 Å². The second kappa shape index (κ2) is 5.45. The molecule has 1 aliphatic rings. The molecule has 6 heteroatoms. The molecular weight excluding hydrogens is 310 g/mol. The number of hydrogen-bond donors (Lipinski definition) is 0. The lowest BCUT2D eigenvalue weighted by molar-refractivity contribution is -0.156. The molecule has 1 atom stereocenters. The molecule has 1 aromatic rings. The summed E-state index contributed by atoms with van der Waals surface area (Å²) in [7, 11) is 0. The minimum Gasteiger partial charge on any atom is -0.458 e. The maximum absolute atomic E-state index is 12.2. The molecular formula is C13H18BrN3O2. The first kappa shape index (κ1) is 14.2. The number of rotatable bonds is 2. The summed E-state index contributed by atoms with van der Waals surface area (Å²) in [5.74, 6) is 0.534. The standard InChI is InChI=1S/C13H18BrN3O2/c1-13(2,3)19-12(18)9-5-4-6-17(9)11-8-15-10(14)7-16-11/h7-9H,4-6H2,1-3H3/t9-/m0/s1. The van der Waals surface area contributed by atoms with Crippen LogP contribution >= 0.6 is 15.9 Å². The van der Waals surface area contributed by atoms with Crippen LogP contribution in [0.2, 0.25) is 0 Å². The van der Waals surface area contributed by atoms with Gasteiger partial charge in [-0.1, -0.05) is 0 Å². The lowest BCUT2D eigenvalue weighted by Crippen LogP contribution is -2.41. The fraction of sp³-hybridized carbons (Fsp3) is 0.615. The van der Waals surface area contributed by atoms with Gasteiger partial charge in [-0.15, -0.1) is 0 Å². The van der Waals surface area contributed by atoms with Gasteiger partial charge in [0.05, 0.1) is 12.4 Å². The van der Waals surface area contributed by atoms with Crippen molar-refractivity contribution in [1.82, 2.24) is 9.97 Å². The van der Waals surface area contributed by atoms with Gasteiger partial charge >= 0.3 is 5.97 Å². The smallest absolute Gasteiger partial charge is 0.329 e. The maximum atomic E-state index is 12.2. The molecule has 1 aromatic heterocycles. The van der Waals surface area contributed by atoms with Gasteiger partial charge in [0.25, 0.3) is 0 Å². The minimum atomic E-state index is -0.462. The van der Waals surface area contributed by atoms with E-state index in [9.17, 15) is 4.79 Å². The summed E-state index contributed by atoms with van der Waals surface area (Å²) in [6, 6.07) is -0.255. The monoisotopic (exact) mass is 327 g/mol. The average Bonchev–Trinajstić information content (AvgIpc) is 2.76. The SMILES string of the molecule is CC(C)(C)OC(=O)[C@@H]1CCCN1c1cnc(Br)cn1. The van der Waals surface area contributed by atoms with E-state index in [0.717, 1.165) is 25.2 Å². The summed E-state index contributed by atoms with van der Waals surface area (Å²) < 4.78 is 6.14. The highest BCUT2D eigenvalue weighted by molar-refractivity contribution is 9.10. The van der Waals surface area contributed by atoms with Crippen molar-refractivity contribution in [2.45, 2.75) is 45.3 Å². The highest BCUT2D eigenvalue weighted by Gasteiger charge is 2.34. The zero-order valence-corrected chi connectivity index (χ0v) is 13.0. The predicted octanol–water partition coefficient (Wildman–Crippen LogP) is 2.55. The third-order valence-electron chi connectivity index (χ3n) is 2.83. The summed E-state index contributed by atoms with van der Waals surface area (Å²) in [5, 5.41) is 0. The predicted molar refractivity (Wildman–Crippen MR) is 75.9 cm³/mol. The Hall–Kier alpha value is -1.17. The Balaban J connectivity index is 2.12. The summed E-state index contributed by atoms with van der Waals surface area (Å²) >= 11 is 3.25. The molecule has 0 N–H and O–H groups in total. The average molecular weight is 328 g/mol. The maximum Gasteiger partial charge on any atom is 0.329 e. The molecule has 0 aromatic carbocycles. The van der Waals surface area contributed by atoms with Gasteiger partial charge in [0.15, 0.2) is 0 Å². The second-order valence-corrected chi connectivity index (χ2v) is 6.39. The van der Waals surface area contributed by atoms with Gasteiger partial charge < -0.3 is 9.64 Å². The third kappa shape index (κ3) is 3.65. The molecule has 0 aliphatic carbocycles. The normalized spacial score (nSPS) is 19.6. The molecule has 5 nitrogen and oxygen atoms in total. The van der Waals surface area contributed by atoms with Crippen molar-refractivity contribution < 1.29 is 9.53 Å². The summed E-state index contributed by atoms with van der Waals surface area (Å²) in [5.41, 5.74) is -0.462. The van der Waals surface area contributed by atoms with Crippen LogP contribution in [0.15, 0.2) is 17.0 Å². The Morgan fingerprint density at radius 3 is 2.74 bits per heavy atom. The molecule has 0 radical (unpaired) electrons. The number of hydrogen-bond acceptors (Lipinski definition) is 5. The molecule has 0 unspecified atom stereocenters. The highest BCUT2D eigenvalue weighted by atomic mass is 79.9. The molecule has 2 heterocycles. The van der Waals surface area contributed by atoms with Gasteiger partial charge in [-0.3, -0.25) is 0 Å². The third-order valence-corrected chi connectivity index (χ3v) is 3.24. The quantitative estimate of drug-likeness (QED) is 0.781. The van der Waals surface area contributed by atoms with E-state index in [0.29, 0.717) is 4.60 Å². The highest BCUT2D eigenvalue weighted by Crippen LogP contribution is 2.25. The van der Waals surface area contributed by atoms with Crippen molar-refractivity contribution in [3.8, 4) is 0 Å². The number of ether oxygens (including phenoxy) is 1. The van der Waals surface area contributed by atoms with Crippen LogP contribution in [-0.4, -0.2) is 34.1 Å². The Morgan fingerprint density at radius 1 is 1.42 bits per heavy atom. The van der Waals surface area contributed by atoms with Crippen LogP contribution in [-0.2, 0) is 9.53 Å². The van der Waals surface area contributed by atoms with Gasteiger partial charge in [0.2, 0.25) is 0 Å². The van der Waals surface area contributed by atoms with Crippen LogP contribution in [0.1, 0.15) is 33.6 Å². The number of anilines is 1. The van der Waals surface area contributed by atoms with Crippen molar-refractivity contribution >= 4 is 27.7 Å². The van der Waals surface area contributed by atoms with E-state index in [-0.39, 0.29) is 12.0 Å². The molecule has 2 rings (SSSR count). The van der Waals surface area contributed by atoms with E-state index in [1.807, 2.05) is 25.7 Å². The summed E-state index contributed by atoms with van der Waals surface area (Å²) in [6.07, 6.45) is 5.07. The summed E-state index contributed by atoms with van der Waals surface area (Å²) in [4.78, 5) is 22.6. The lowest BCUT2D eigenvalue weighted by atomic mass is 10.1. The van der Waals surface area contributed by atoms with Crippen LogP contribution in [0.4, 0.5) is 5.82 Å². The van der Waals surface area contributed by atoms with E-state index < -0.39 is 5.60 Å². The molecule has 104 valence electrons. The number of esters is 1. The Labute approximate surface area is 121 Å². The number of carbonyl (C=O) groups excluding carboxylic acids is 1. The number of halogens is 1. The first-order valence-electron chi connectivity index (χ1n) is 6.34. The van der Waals surface area contributed by atoms with E-state index in [1.54, 1.807) is 12.4 Å². The van der Waals surface area contributed by atoms with Gasteiger partial charge in [0.1, 0.15) is 22.1 Å². The minimum absolute atomic E-state index is 0.185. The number of carbonyl (C=O) groups is 1. The van der Waals surface area contributed by atoms with Gasteiger partial charge in [-0.05, 0) is 49.5 Å². The van der Waals surface area contributed by atoms with Crippen LogP contribution in [0.25, 0.3) is 0 Å². The molecule has 0 spiro atoms. The van der Waals surface area contributed by atoms with E-state index >= 15 is 0 Å². The topological polar surface area (TPSA) is 55.3 Å². The van der Waals surface area contributed by atoms with E-state index in [2.05, 4.69) is 25.9 Å². The van der Waals surface area contributed by atoms with Gasteiger partial charge in [-0.2, -0.15) is 0 Å². The number of aromatic nitrogens is 2. The zero-order valence-electron chi connectivity index (χ0n) is 11.4. The molecule has 19 heavy (non-hydrogen) atoms. The van der Waals surface area contributed by atoms with Crippen molar-refractivity contribution in [3.63, 3.8) is 0 Å². The van der Waals surface area contributed by atoms with Gasteiger partial charge in [0, 0.05) is 6.54 Å². The Bertz CT molecular complexity index is 456. The number of nitrogens with zero attached hydrogens (tertiary/aromatic N) is 3. The first-order chi connectivity index (χ1) is 8.87. The molecule has 1 saturated heterocycles. The lowest BCUT2D eigenvalue weighted by Gasteiger charge is -2.27. The molecule has 0 bridgehead atoms. The molecule has 1 fully saturated rings. The second-order valence-electron chi connectivity index (χ2n) is 5.58. The first-order valence-corrected chi connectivity index (χ1v) is 7.13. The molecule has 1 aliphatic heterocycles. The van der Waals surface area contributed by atoms with Crippen molar-refractivity contribution in [3.05, 3.63) is 17.0 Å².